The fourth-order valence-electron chi connectivity index (χ4n) is 2.99. The van der Waals surface area contributed by atoms with Gasteiger partial charge in [-0.3, -0.25) is 15.0 Å². The quantitative estimate of drug-likeness (QED) is 0.445. The molecule has 0 bridgehead atoms. The number of aromatic nitrogens is 3. The number of pyridine rings is 3. The van der Waals surface area contributed by atoms with Gasteiger partial charge in [-0.25, -0.2) is 5.53 Å². The fourth-order valence-corrected chi connectivity index (χ4v) is 2.99. The molecule has 1 aromatic carbocycles. The highest BCUT2D eigenvalue weighted by atomic mass is 15.0. The second-order valence-electron chi connectivity index (χ2n) is 5.61. The van der Waals surface area contributed by atoms with Gasteiger partial charge in [-0.1, -0.05) is 24.3 Å². The normalized spacial score (nSPS) is 12.3. The smallest absolute Gasteiger partial charge is 0.116 e. The van der Waals surface area contributed by atoms with E-state index in [2.05, 4.69) is 32.2 Å². The van der Waals surface area contributed by atoms with Crippen molar-refractivity contribution >= 4 is 21.8 Å². The number of nitrogens with zero attached hydrogens (tertiary/aromatic N) is 4. The minimum Gasteiger partial charge on any atom is -0.259 e. The van der Waals surface area contributed by atoms with Crippen LogP contribution < -0.4 is 0 Å². The number of benzene rings is 1. The second-order valence-corrected chi connectivity index (χ2v) is 5.61. The monoisotopic (exact) mass is 313 g/mol. The molecule has 0 aliphatic heterocycles. The highest BCUT2D eigenvalue weighted by Crippen LogP contribution is 2.28. The van der Waals surface area contributed by atoms with E-state index in [1.165, 1.54) is 0 Å². The van der Waals surface area contributed by atoms with E-state index in [1.807, 2.05) is 36.4 Å². The third kappa shape index (κ3) is 2.50. The molecule has 1 unspecified atom stereocenters. The van der Waals surface area contributed by atoms with Gasteiger partial charge in [0.1, 0.15) is 6.04 Å². The van der Waals surface area contributed by atoms with Crippen LogP contribution in [0.15, 0.2) is 72.2 Å². The summed E-state index contributed by atoms with van der Waals surface area (Å²) in [5.74, 6) is 0. The zero-order chi connectivity index (χ0) is 16.4. The van der Waals surface area contributed by atoms with E-state index in [4.69, 9.17) is 5.53 Å². The van der Waals surface area contributed by atoms with Gasteiger partial charge in [0, 0.05) is 35.8 Å². The van der Waals surface area contributed by atoms with Gasteiger partial charge in [-0.2, -0.15) is 5.11 Å². The number of hydrogen-bond donors (Lipinski definition) is 1. The molecule has 116 valence electrons. The van der Waals surface area contributed by atoms with Crippen molar-refractivity contribution in [3.8, 4) is 0 Å². The Morgan fingerprint density at radius 1 is 0.833 bits per heavy atom. The van der Waals surface area contributed by atoms with Gasteiger partial charge in [0.15, 0.2) is 0 Å². The average molecular weight is 313 g/mol. The highest BCUT2D eigenvalue weighted by Gasteiger charge is 2.15. The van der Waals surface area contributed by atoms with Gasteiger partial charge < -0.3 is 0 Å². The SMILES string of the molecule is N=NC(Cc1ccnc2c1ccc1cccnc12)c1ccccn1. The van der Waals surface area contributed by atoms with Crippen molar-refractivity contribution in [2.45, 2.75) is 12.5 Å². The minimum atomic E-state index is -0.295. The third-order valence-corrected chi connectivity index (χ3v) is 4.17. The average Bonchev–Trinajstić information content (AvgIpc) is 2.66. The largest absolute Gasteiger partial charge is 0.259 e. The van der Waals surface area contributed by atoms with Crippen LogP contribution in [0, 0.1) is 5.53 Å². The Kier molecular flexibility index (Phi) is 3.67. The molecule has 1 N–H and O–H groups in total. The van der Waals surface area contributed by atoms with Crippen molar-refractivity contribution in [3.63, 3.8) is 0 Å². The molecule has 0 amide bonds. The number of fused-ring (bicyclic) bond motifs is 3. The van der Waals surface area contributed by atoms with E-state index >= 15 is 0 Å². The Morgan fingerprint density at radius 3 is 2.54 bits per heavy atom. The summed E-state index contributed by atoms with van der Waals surface area (Å²) in [7, 11) is 0. The summed E-state index contributed by atoms with van der Waals surface area (Å²) >= 11 is 0. The van der Waals surface area contributed by atoms with Crippen molar-refractivity contribution in [1.82, 2.24) is 15.0 Å². The second kappa shape index (κ2) is 6.12. The topological polar surface area (TPSA) is 74.9 Å². The van der Waals surface area contributed by atoms with Gasteiger partial charge in [-0.15, -0.1) is 0 Å². The lowest BCUT2D eigenvalue weighted by Gasteiger charge is -2.12. The van der Waals surface area contributed by atoms with Crippen LogP contribution in [0.4, 0.5) is 0 Å². The summed E-state index contributed by atoms with van der Waals surface area (Å²) in [6.07, 6.45) is 5.92. The summed E-state index contributed by atoms with van der Waals surface area (Å²) in [4.78, 5) is 13.3. The first-order valence-electron chi connectivity index (χ1n) is 7.75. The molecule has 0 aliphatic rings. The van der Waals surface area contributed by atoms with Crippen LogP contribution in [-0.2, 0) is 6.42 Å². The molecule has 0 fully saturated rings. The molecule has 0 radical (unpaired) electrons. The van der Waals surface area contributed by atoms with E-state index < -0.39 is 0 Å². The third-order valence-electron chi connectivity index (χ3n) is 4.17. The van der Waals surface area contributed by atoms with E-state index in [1.54, 1.807) is 18.6 Å². The molecule has 0 saturated heterocycles. The lowest BCUT2D eigenvalue weighted by Crippen LogP contribution is -2.03. The standard InChI is InChI=1S/C19H15N5/c20-24-17(16-5-1-2-9-21-16)12-14-8-11-23-19-15(14)7-6-13-4-3-10-22-18(13)19/h1-11,17,20H,12H2. The first-order chi connectivity index (χ1) is 11.9. The van der Waals surface area contributed by atoms with E-state index in [9.17, 15) is 0 Å². The molecule has 5 nitrogen and oxygen atoms in total. The molecule has 5 heteroatoms. The van der Waals surface area contributed by atoms with Crippen LogP contribution in [0.25, 0.3) is 21.8 Å². The molecule has 0 spiro atoms. The van der Waals surface area contributed by atoms with Gasteiger partial charge in [-0.05, 0) is 29.8 Å². The Bertz CT molecular complexity index is 1010. The maximum absolute atomic E-state index is 7.54. The molecule has 1 atom stereocenters. The Morgan fingerprint density at radius 2 is 1.71 bits per heavy atom. The number of nitrogens with one attached hydrogen (secondary N) is 1. The van der Waals surface area contributed by atoms with Crippen LogP contribution in [0.3, 0.4) is 0 Å². The molecule has 4 rings (SSSR count). The van der Waals surface area contributed by atoms with E-state index in [0.29, 0.717) is 6.42 Å². The fraction of sp³-hybridized carbons (Fsp3) is 0.105. The first kappa shape index (κ1) is 14.4. The minimum absolute atomic E-state index is 0.295. The molecule has 0 saturated carbocycles. The Hall–Kier alpha value is -3.21. The van der Waals surface area contributed by atoms with E-state index in [0.717, 1.165) is 33.1 Å². The molecule has 3 aromatic heterocycles. The van der Waals surface area contributed by atoms with Crippen molar-refractivity contribution < 1.29 is 0 Å². The lowest BCUT2D eigenvalue weighted by atomic mass is 9.99. The van der Waals surface area contributed by atoms with Crippen molar-refractivity contribution in [2.24, 2.45) is 5.11 Å². The lowest BCUT2D eigenvalue weighted by molar-refractivity contribution is 0.645. The maximum Gasteiger partial charge on any atom is 0.116 e. The van der Waals surface area contributed by atoms with Gasteiger partial charge in [0.2, 0.25) is 0 Å². The van der Waals surface area contributed by atoms with Crippen LogP contribution >= 0.6 is 0 Å². The predicted molar refractivity (Wildman–Crippen MR) is 92.9 cm³/mol. The van der Waals surface area contributed by atoms with Crippen molar-refractivity contribution in [2.75, 3.05) is 0 Å². The molecular formula is C19H15N5. The van der Waals surface area contributed by atoms with Gasteiger partial charge in [0.05, 0.1) is 16.7 Å². The van der Waals surface area contributed by atoms with E-state index in [-0.39, 0.29) is 6.04 Å². The number of hydrogen-bond acceptors (Lipinski definition) is 5. The zero-order valence-corrected chi connectivity index (χ0v) is 12.9. The maximum atomic E-state index is 7.54. The predicted octanol–water partition coefficient (Wildman–Crippen LogP) is 4.49. The Balaban J connectivity index is 1.82. The summed E-state index contributed by atoms with van der Waals surface area (Å²) < 4.78 is 0. The molecule has 0 aliphatic carbocycles. The van der Waals surface area contributed by atoms with Crippen LogP contribution in [0.5, 0.6) is 0 Å². The summed E-state index contributed by atoms with van der Waals surface area (Å²) in [6.45, 7) is 0. The molecule has 24 heavy (non-hydrogen) atoms. The molecular weight excluding hydrogens is 298 g/mol. The highest BCUT2D eigenvalue weighted by molar-refractivity contribution is 6.03. The van der Waals surface area contributed by atoms with Crippen LogP contribution in [-0.4, -0.2) is 15.0 Å². The zero-order valence-electron chi connectivity index (χ0n) is 12.9. The summed E-state index contributed by atoms with van der Waals surface area (Å²) in [5.41, 5.74) is 11.2. The van der Waals surface area contributed by atoms with Gasteiger partial charge in [0.25, 0.3) is 0 Å². The van der Waals surface area contributed by atoms with Crippen molar-refractivity contribution in [3.05, 3.63) is 78.4 Å². The van der Waals surface area contributed by atoms with Crippen molar-refractivity contribution in [1.29, 1.82) is 5.53 Å². The van der Waals surface area contributed by atoms with Crippen LogP contribution in [0.1, 0.15) is 17.3 Å². The van der Waals surface area contributed by atoms with Gasteiger partial charge >= 0.3 is 0 Å². The summed E-state index contributed by atoms with van der Waals surface area (Å²) in [5, 5.41) is 5.89. The first-order valence-corrected chi connectivity index (χ1v) is 7.75. The molecule has 4 aromatic rings. The van der Waals surface area contributed by atoms with Crippen LogP contribution in [0.2, 0.25) is 0 Å². The molecule has 3 heterocycles. The Labute approximate surface area is 138 Å². The summed E-state index contributed by atoms with van der Waals surface area (Å²) in [6, 6.07) is 15.5. The number of rotatable bonds is 4.